The molecule has 1 atom stereocenters. The van der Waals surface area contributed by atoms with Gasteiger partial charge >= 0.3 is 0 Å². The Bertz CT molecular complexity index is 1620. The van der Waals surface area contributed by atoms with E-state index in [0.717, 1.165) is 72.3 Å². The van der Waals surface area contributed by atoms with Crippen LogP contribution in [0, 0.1) is 0 Å². The van der Waals surface area contributed by atoms with Gasteiger partial charge in [-0.2, -0.15) is 12.6 Å². The van der Waals surface area contributed by atoms with Crippen LogP contribution in [0.1, 0.15) is 70.5 Å². The number of aldehydes is 1. The fraction of sp³-hybridized carbons (Fsp3) is 0.250. The van der Waals surface area contributed by atoms with Gasteiger partial charge in [0, 0.05) is 41.8 Å². The van der Waals surface area contributed by atoms with Gasteiger partial charge in [-0.05, 0) is 98.3 Å². The summed E-state index contributed by atoms with van der Waals surface area (Å²) in [4.78, 5) is 24.8. The molecule has 47 heavy (non-hydrogen) atoms. The summed E-state index contributed by atoms with van der Waals surface area (Å²) >= 11 is 3.94. The van der Waals surface area contributed by atoms with E-state index in [0.29, 0.717) is 17.7 Å². The monoisotopic (exact) mass is 650 g/mol. The lowest BCUT2D eigenvalue weighted by Crippen LogP contribution is -2.23. The van der Waals surface area contributed by atoms with E-state index in [1.165, 1.54) is 17.6 Å². The lowest BCUT2D eigenvalue weighted by molar-refractivity contribution is -0.117. The number of aliphatic hydroxyl groups excluding tert-OH is 1. The topological polar surface area (TPSA) is 91.6 Å². The third-order valence-corrected chi connectivity index (χ3v) is 7.95. The summed E-state index contributed by atoms with van der Waals surface area (Å²) in [6.45, 7) is 6.82. The number of hydrogen-bond acceptors (Lipinski definition) is 6. The fourth-order valence-electron chi connectivity index (χ4n) is 5.25. The number of carbonyl (C=O) groups excluding carboxylic acids is 2. The molecule has 0 saturated carbocycles. The number of amides is 1. The molecule has 4 aromatic rings. The first-order valence-electron chi connectivity index (χ1n) is 15.8. The second-order valence-electron chi connectivity index (χ2n) is 10.9. The maximum Gasteiger partial charge on any atom is 0.232 e. The van der Waals surface area contributed by atoms with Crippen molar-refractivity contribution in [1.82, 2.24) is 5.32 Å². The predicted octanol–water partition coefficient (Wildman–Crippen LogP) is 8.71. The van der Waals surface area contributed by atoms with Crippen LogP contribution in [0.3, 0.4) is 0 Å². The average Bonchev–Trinajstić information content (AvgIpc) is 3.81. The van der Waals surface area contributed by atoms with E-state index < -0.39 is 5.92 Å². The molecule has 5 rings (SSSR count). The molecule has 0 bridgehead atoms. The molecular formula is C40H46N2O4S. The Morgan fingerprint density at radius 2 is 1.70 bits per heavy atom. The van der Waals surface area contributed by atoms with Gasteiger partial charge in [0.2, 0.25) is 5.91 Å². The van der Waals surface area contributed by atoms with Gasteiger partial charge in [-0.15, -0.1) is 0 Å². The SMILES string of the molecule is C=Cc1cc(-c2ccc(NC(=O)C(Cc3ccc(C=O)cc3)c3ccc(C4=CCCC4)cc3)cc2)oc1/C=C\C.CNCCS.CO. The number of allylic oxidation sites excluding steroid dienone is 3. The Morgan fingerprint density at radius 3 is 2.23 bits per heavy atom. The van der Waals surface area contributed by atoms with Crippen molar-refractivity contribution in [2.24, 2.45) is 0 Å². The normalized spacial score (nSPS) is 12.7. The van der Waals surface area contributed by atoms with Gasteiger partial charge in [0.25, 0.3) is 0 Å². The van der Waals surface area contributed by atoms with Crippen LogP contribution >= 0.6 is 12.6 Å². The lowest BCUT2D eigenvalue weighted by Gasteiger charge is -2.18. The highest BCUT2D eigenvalue weighted by Gasteiger charge is 2.22. The maximum atomic E-state index is 13.7. The summed E-state index contributed by atoms with van der Waals surface area (Å²) in [6, 6.07) is 25.4. The number of benzene rings is 3. The molecular weight excluding hydrogens is 605 g/mol. The van der Waals surface area contributed by atoms with E-state index in [2.05, 4.69) is 60.2 Å². The van der Waals surface area contributed by atoms with Gasteiger partial charge in [-0.3, -0.25) is 9.59 Å². The highest BCUT2D eigenvalue weighted by Crippen LogP contribution is 2.31. The second kappa shape index (κ2) is 19.9. The molecule has 1 amide bonds. The molecule has 1 aliphatic carbocycles. The summed E-state index contributed by atoms with van der Waals surface area (Å²) in [5.74, 6) is 1.97. The van der Waals surface area contributed by atoms with Crippen LogP contribution in [0.2, 0.25) is 0 Å². The smallest absolute Gasteiger partial charge is 0.232 e. The Hall–Kier alpha value is -4.43. The fourth-order valence-corrected chi connectivity index (χ4v) is 5.48. The number of aliphatic hydroxyl groups is 1. The van der Waals surface area contributed by atoms with Crippen molar-refractivity contribution in [2.45, 2.75) is 38.5 Å². The molecule has 1 heterocycles. The van der Waals surface area contributed by atoms with Gasteiger partial charge in [-0.1, -0.05) is 73.3 Å². The number of thiol groups is 1. The summed E-state index contributed by atoms with van der Waals surface area (Å²) in [7, 11) is 2.91. The molecule has 3 aromatic carbocycles. The Labute approximate surface area is 284 Å². The molecule has 6 nitrogen and oxygen atoms in total. The molecule has 0 fully saturated rings. The van der Waals surface area contributed by atoms with E-state index in [-0.39, 0.29) is 5.91 Å². The third-order valence-electron chi connectivity index (χ3n) is 7.72. The predicted molar refractivity (Wildman–Crippen MR) is 200 cm³/mol. The van der Waals surface area contributed by atoms with E-state index in [1.54, 1.807) is 18.2 Å². The molecule has 1 aromatic heterocycles. The van der Waals surface area contributed by atoms with Crippen molar-refractivity contribution < 1.29 is 19.1 Å². The van der Waals surface area contributed by atoms with Crippen LogP contribution in [0.25, 0.3) is 29.0 Å². The number of anilines is 1. The molecule has 1 aliphatic rings. The van der Waals surface area contributed by atoms with E-state index >= 15 is 0 Å². The van der Waals surface area contributed by atoms with Crippen LogP contribution in [0.5, 0.6) is 0 Å². The van der Waals surface area contributed by atoms with Gasteiger partial charge < -0.3 is 20.2 Å². The van der Waals surface area contributed by atoms with Crippen LogP contribution in [0.4, 0.5) is 5.69 Å². The molecule has 0 saturated heterocycles. The lowest BCUT2D eigenvalue weighted by atomic mass is 9.89. The Morgan fingerprint density at radius 1 is 1.02 bits per heavy atom. The first-order valence-corrected chi connectivity index (χ1v) is 16.5. The third kappa shape index (κ3) is 10.8. The molecule has 3 N–H and O–H groups in total. The zero-order valence-corrected chi connectivity index (χ0v) is 28.4. The maximum absolute atomic E-state index is 13.7. The van der Waals surface area contributed by atoms with Crippen LogP contribution in [0.15, 0.2) is 102 Å². The quantitative estimate of drug-likeness (QED) is 0.0910. The Kier molecular flexibility index (Phi) is 15.7. The zero-order valence-electron chi connectivity index (χ0n) is 27.5. The molecule has 246 valence electrons. The minimum Gasteiger partial charge on any atom is -0.456 e. The van der Waals surface area contributed by atoms with Crippen LogP contribution < -0.4 is 10.6 Å². The number of rotatable bonds is 12. The number of nitrogens with one attached hydrogen (secondary N) is 2. The van der Waals surface area contributed by atoms with E-state index in [9.17, 15) is 9.59 Å². The van der Waals surface area contributed by atoms with Gasteiger partial charge in [0.1, 0.15) is 17.8 Å². The first-order chi connectivity index (χ1) is 23.0. The number of carbonyl (C=O) groups is 2. The highest BCUT2D eigenvalue weighted by atomic mass is 32.1. The van der Waals surface area contributed by atoms with Crippen LogP contribution in [-0.2, 0) is 11.2 Å². The molecule has 0 aliphatic heterocycles. The number of hydrogen-bond donors (Lipinski definition) is 4. The first kappa shape index (κ1) is 37.0. The van der Waals surface area contributed by atoms with Gasteiger partial charge in [0.15, 0.2) is 0 Å². The standard InChI is InChI=1S/C36H33NO3.C3H9NS.CH4O/c1-3-7-34-27(4-2)23-35(40-34)31-18-20-32(21-19-31)37-36(39)33(22-25-10-12-26(24-38)13-11-25)30-16-14-29(15-17-30)28-8-5-6-9-28;1-4-2-3-5;1-2/h3-4,7-8,10-21,23-24,33H,2,5-6,9,22H2,1H3,(H,37,39);4-5H,2-3H2,1H3;2H,1H3/b7-3-;;. The van der Waals surface area contributed by atoms with E-state index in [1.807, 2.05) is 68.6 Å². The molecule has 0 spiro atoms. The van der Waals surface area contributed by atoms with Crippen molar-refractivity contribution in [3.63, 3.8) is 0 Å². The minimum atomic E-state index is -0.392. The van der Waals surface area contributed by atoms with Crippen molar-refractivity contribution in [1.29, 1.82) is 0 Å². The Balaban J connectivity index is 0.000000784. The molecule has 0 radical (unpaired) electrons. The summed E-state index contributed by atoms with van der Waals surface area (Å²) in [5, 5.41) is 13.1. The summed E-state index contributed by atoms with van der Waals surface area (Å²) < 4.78 is 6.01. The molecule has 7 heteroatoms. The van der Waals surface area contributed by atoms with Crippen LogP contribution in [-0.4, -0.2) is 43.8 Å². The molecule has 1 unspecified atom stereocenters. The zero-order chi connectivity index (χ0) is 34.0. The van der Waals surface area contributed by atoms with Crippen molar-refractivity contribution in [3.05, 3.63) is 131 Å². The second-order valence-corrected chi connectivity index (χ2v) is 11.3. The van der Waals surface area contributed by atoms with Gasteiger partial charge in [-0.25, -0.2) is 0 Å². The average molecular weight is 651 g/mol. The summed E-state index contributed by atoms with van der Waals surface area (Å²) in [6.07, 6.45) is 12.7. The summed E-state index contributed by atoms with van der Waals surface area (Å²) in [5.41, 5.74) is 7.75. The highest BCUT2D eigenvalue weighted by molar-refractivity contribution is 7.80. The van der Waals surface area contributed by atoms with Gasteiger partial charge in [0.05, 0.1) is 5.92 Å². The van der Waals surface area contributed by atoms with Crippen molar-refractivity contribution >= 4 is 48.2 Å². The van der Waals surface area contributed by atoms with Crippen molar-refractivity contribution in [2.75, 3.05) is 31.8 Å². The minimum absolute atomic E-state index is 0.0812. The van der Waals surface area contributed by atoms with Crippen molar-refractivity contribution in [3.8, 4) is 11.3 Å². The van der Waals surface area contributed by atoms with E-state index in [4.69, 9.17) is 9.52 Å². The largest absolute Gasteiger partial charge is 0.456 e. The number of furan rings is 1.